The number of ether oxygens (including phenoxy) is 2. The van der Waals surface area contributed by atoms with Gasteiger partial charge < -0.3 is 14.6 Å². The first-order valence-electron chi connectivity index (χ1n) is 6.22. The summed E-state index contributed by atoms with van der Waals surface area (Å²) in [6.07, 6.45) is 2.73. The number of hydrogen-bond acceptors (Lipinski definition) is 5. The van der Waals surface area contributed by atoms with Crippen molar-refractivity contribution in [3.05, 3.63) is 0 Å². The van der Waals surface area contributed by atoms with Gasteiger partial charge in [0, 0.05) is 18.6 Å². The van der Waals surface area contributed by atoms with E-state index in [1.807, 2.05) is 0 Å². The fraction of sp³-hybridized carbons (Fsp3) is 1.00. The molecule has 0 aliphatic heterocycles. The second-order valence-electron chi connectivity index (χ2n) is 4.27. The molecule has 0 spiro atoms. The van der Waals surface area contributed by atoms with E-state index in [0.29, 0.717) is 26.4 Å². The number of rotatable bonds is 12. The first-order chi connectivity index (χ1) is 8.24. The predicted molar refractivity (Wildman–Crippen MR) is 78.4 cm³/mol. The van der Waals surface area contributed by atoms with Gasteiger partial charge in [-0.25, -0.2) is 0 Å². The Bertz CT molecular complexity index is 150. The normalized spacial score (nSPS) is 12.0. The van der Waals surface area contributed by atoms with E-state index in [9.17, 15) is 5.11 Å². The molecule has 0 heterocycles. The third kappa shape index (κ3) is 8.32. The molecule has 3 nitrogen and oxygen atoms in total. The zero-order valence-electron chi connectivity index (χ0n) is 10.7. The molecule has 0 saturated carbocycles. The first-order valence-corrected chi connectivity index (χ1v) is 7.49. The zero-order valence-corrected chi connectivity index (χ0v) is 12.5. The van der Waals surface area contributed by atoms with E-state index in [4.69, 9.17) is 9.47 Å². The molecule has 0 rings (SSSR count). The molecule has 17 heavy (non-hydrogen) atoms. The van der Waals surface area contributed by atoms with Gasteiger partial charge in [0.25, 0.3) is 0 Å². The van der Waals surface area contributed by atoms with Crippen LogP contribution >= 0.6 is 25.3 Å². The summed E-state index contributed by atoms with van der Waals surface area (Å²) < 4.78 is 11.1. The number of thiol groups is 2. The zero-order chi connectivity index (χ0) is 13.0. The number of aliphatic hydroxyl groups excluding tert-OH is 1. The van der Waals surface area contributed by atoms with Crippen LogP contribution in [0.2, 0.25) is 0 Å². The van der Waals surface area contributed by atoms with Crippen molar-refractivity contribution in [1.29, 1.82) is 0 Å². The highest BCUT2D eigenvalue weighted by atomic mass is 32.1. The van der Waals surface area contributed by atoms with Crippen LogP contribution in [-0.4, -0.2) is 49.6 Å². The third-order valence-electron chi connectivity index (χ3n) is 2.80. The summed E-state index contributed by atoms with van der Waals surface area (Å²) in [6.45, 7) is 4.65. The van der Waals surface area contributed by atoms with E-state index < -0.39 is 0 Å². The maximum atomic E-state index is 9.50. The minimum atomic E-state index is -0.257. The summed E-state index contributed by atoms with van der Waals surface area (Å²) in [7, 11) is 0. The van der Waals surface area contributed by atoms with Crippen LogP contribution in [0.3, 0.4) is 0 Å². The van der Waals surface area contributed by atoms with Gasteiger partial charge in [-0.3, -0.25) is 0 Å². The van der Waals surface area contributed by atoms with E-state index in [0.717, 1.165) is 30.8 Å². The average molecular weight is 282 g/mol. The van der Waals surface area contributed by atoms with E-state index in [1.165, 1.54) is 0 Å². The molecule has 1 N–H and O–H groups in total. The van der Waals surface area contributed by atoms with Gasteiger partial charge in [0.15, 0.2) is 0 Å². The Kier molecular flexibility index (Phi) is 12.1. The van der Waals surface area contributed by atoms with Crippen LogP contribution in [0.1, 0.15) is 26.2 Å². The quantitative estimate of drug-likeness (QED) is 0.379. The smallest absolute Gasteiger partial charge is 0.0566 e. The molecule has 0 aromatic rings. The predicted octanol–water partition coefficient (Wildman–Crippen LogP) is 2.05. The highest BCUT2D eigenvalue weighted by Gasteiger charge is 2.28. The second-order valence-corrected chi connectivity index (χ2v) is 5.17. The third-order valence-corrected chi connectivity index (χ3v) is 3.43. The van der Waals surface area contributed by atoms with Gasteiger partial charge in [-0.05, 0) is 30.8 Å². The summed E-state index contributed by atoms with van der Waals surface area (Å²) in [6, 6.07) is 0. The standard InChI is InChI=1S/C12H26O3S2/c1-2-12(9-13,10-14-5-3-7-16)11-15-6-4-8-17/h13,16-17H,2-11H2,1H3. The number of aliphatic hydroxyl groups is 1. The Morgan fingerprint density at radius 2 is 1.47 bits per heavy atom. The van der Waals surface area contributed by atoms with Crippen molar-refractivity contribution in [3.63, 3.8) is 0 Å². The summed E-state index contributed by atoms with van der Waals surface area (Å²) >= 11 is 8.26. The molecule has 0 amide bonds. The van der Waals surface area contributed by atoms with Crippen molar-refractivity contribution in [1.82, 2.24) is 0 Å². The van der Waals surface area contributed by atoms with Crippen LogP contribution in [0.4, 0.5) is 0 Å². The van der Waals surface area contributed by atoms with Gasteiger partial charge in [-0.2, -0.15) is 25.3 Å². The van der Waals surface area contributed by atoms with Gasteiger partial charge in [-0.1, -0.05) is 6.92 Å². The van der Waals surface area contributed by atoms with E-state index >= 15 is 0 Å². The van der Waals surface area contributed by atoms with Crippen LogP contribution in [0.25, 0.3) is 0 Å². The van der Waals surface area contributed by atoms with Crippen LogP contribution in [0.15, 0.2) is 0 Å². The molecule has 0 aliphatic rings. The van der Waals surface area contributed by atoms with E-state index in [-0.39, 0.29) is 12.0 Å². The average Bonchev–Trinajstić information content (AvgIpc) is 2.37. The van der Waals surface area contributed by atoms with Gasteiger partial charge >= 0.3 is 0 Å². The Morgan fingerprint density at radius 1 is 1.00 bits per heavy atom. The van der Waals surface area contributed by atoms with Crippen molar-refractivity contribution < 1.29 is 14.6 Å². The lowest BCUT2D eigenvalue weighted by atomic mass is 9.88. The topological polar surface area (TPSA) is 38.7 Å². The molecule has 0 aromatic heterocycles. The molecular weight excluding hydrogens is 256 g/mol. The summed E-state index contributed by atoms with van der Waals surface area (Å²) in [5.74, 6) is 1.66. The van der Waals surface area contributed by atoms with Crippen molar-refractivity contribution in [2.24, 2.45) is 5.41 Å². The second kappa shape index (κ2) is 11.7. The SMILES string of the molecule is CCC(CO)(COCCCS)COCCCS. The number of hydrogen-bond donors (Lipinski definition) is 3. The maximum absolute atomic E-state index is 9.50. The largest absolute Gasteiger partial charge is 0.396 e. The Hall–Kier alpha value is 0.580. The fourth-order valence-electron chi connectivity index (χ4n) is 1.36. The molecule has 0 fully saturated rings. The molecule has 0 bridgehead atoms. The molecule has 0 aliphatic carbocycles. The summed E-state index contributed by atoms with van der Waals surface area (Å²) in [4.78, 5) is 0. The minimum Gasteiger partial charge on any atom is -0.396 e. The van der Waals surface area contributed by atoms with E-state index in [1.54, 1.807) is 0 Å². The lowest BCUT2D eigenvalue weighted by Gasteiger charge is -2.30. The van der Waals surface area contributed by atoms with Crippen molar-refractivity contribution in [2.75, 3.05) is 44.5 Å². The van der Waals surface area contributed by atoms with Gasteiger partial charge in [-0.15, -0.1) is 0 Å². The van der Waals surface area contributed by atoms with Gasteiger partial charge in [0.05, 0.1) is 19.8 Å². The lowest BCUT2D eigenvalue weighted by Crippen LogP contribution is -2.36. The van der Waals surface area contributed by atoms with Crippen LogP contribution in [0, 0.1) is 5.41 Å². The molecule has 0 unspecified atom stereocenters. The highest BCUT2D eigenvalue weighted by molar-refractivity contribution is 7.80. The first kappa shape index (κ1) is 17.6. The molecule has 0 saturated heterocycles. The van der Waals surface area contributed by atoms with Crippen LogP contribution < -0.4 is 0 Å². The van der Waals surface area contributed by atoms with Crippen LogP contribution in [-0.2, 0) is 9.47 Å². The monoisotopic (exact) mass is 282 g/mol. The molecule has 0 atom stereocenters. The summed E-state index contributed by atoms with van der Waals surface area (Å²) in [5.41, 5.74) is -0.257. The van der Waals surface area contributed by atoms with Gasteiger partial charge in [0.1, 0.15) is 0 Å². The Morgan fingerprint density at radius 3 is 1.76 bits per heavy atom. The molecule has 0 radical (unpaired) electrons. The van der Waals surface area contributed by atoms with Crippen LogP contribution in [0.5, 0.6) is 0 Å². The fourth-order valence-corrected chi connectivity index (χ4v) is 1.62. The molecule has 104 valence electrons. The molecule has 5 heteroatoms. The Balaban J connectivity index is 3.88. The van der Waals surface area contributed by atoms with Gasteiger partial charge in [0.2, 0.25) is 0 Å². The summed E-state index contributed by atoms with van der Waals surface area (Å²) in [5, 5.41) is 9.50. The van der Waals surface area contributed by atoms with Crippen molar-refractivity contribution in [3.8, 4) is 0 Å². The maximum Gasteiger partial charge on any atom is 0.0566 e. The van der Waals surface area contributed by atoms with E-state index in [2.05, 4.69) is 32.2 Å². The molecule has 0 aromatic carbocycles. The Labute approximate surface area is 116 Å². The molecular formula is C12H26O3S2. The van der Waals surface area contributed by atoms with Crippen molar-refractivity contribution in [2.45, 2.75) is 26.2 Å². The highest BCUT2D eigenvalue weighted by Crippen LogP contribution is 2.22. The minimum absolute atomic E-state index is 0.102. The van der Waals surface area contributed by atoms with Crippen molar-refractivity contribution >= 4 is 25.3 Å². The lowest BCUT2D eigenvalue weighted by molar-refractivity contribution is -0.0525.